The van der Waals surface area contributed by atoms with Gasteiger partial charge < -0.3 is 4.42 Å². The predicted octanol–water partition coefficient (Wildman–Crippen LogP) is 5.13. The summed E-state index contributed by atoms with van der Waals surface area (Å²) in [5, 5.41) is 10.5. The lowest BCUT2D eigenvalue weighted by molar-refractivity contribution is 0.558. The summed E-state index contributed by atoms with van der Waals surface area (Å²) in [5.74, 6) is 0. The van der Waals surface area contributed by atoms with Crippen molar-refractivity contribution < 1.29 is 4.42 Å². The van der Waals surface area contributed by atoms with E-state index in [1.54, 1.807) is 30.4 Å². The van der Waals surface area contributed by atoms with Crippen molar-refractivity contribution >= 4 is 40.8 Å². The van der Waals surface area contributed by atoms with Crippen LogP contribution in [0, 0.1) is 11.3 Å². The minimum Gasteiger partial charge on any atom is -0.422 e. The van der Waals surface area contributed by atoms with Crippen molar-refractivity contribution in [2.75, 3.05) is 0 Å². The van der Waals surface area contributed by atoms with Crippen molar-refractivity contribution in [3.8, 4) is 6.07 Å². The van der Waals surface area contributed by atoms with Gasteiger partial charge in [-0.05, 0) is 29.3 Å². The van der Waals surface area contributed by atoms with Crippen LogP contribution in [0.15, 0.2) is 58.3 Å². The van der Waals surface area contributed by atoms with Crippen molar-refractivity contribution in [2.24, 2.45) is 0 Å². The van der Waals surface area contributed by atoms with Gasteiger partial charge in [0.25, 0.3) is 0 Å². The van der Waals surface area contributed by atoms with Gasteiger partial charge in [0.05, 0.1) is 0 Å². The van der Waals surface area contributed by atoms with E-state index in [4.69, 9.17) is 16.0 Å². The second-order valence-electron chi connectivity index (χ2n) is 5.10. The van der Waals surface area contributed by atoms with Crippen LogP contribution >= 0.6 is 11.6 Å². The first-order chi connectivity index (χ1) is 11.6. The van der Waals surface area contributed by atoms with Crippen LogP contribution in [0.5, 0.6) is 0 Å². The smallest absolute Gasteiger partial charge is 0.354 e. The molecule has 0 aliphatic heterocycles. The Hall–Kier alpha value is -3.09. The van der Waals surface area contributed by atoms with Gasteiger partial charge in [-0.1, -0.05) is 60.7 Å². The van der Waals surface area contributed by atoms with E-state index in [0.717, 1.165) is 11.1 Å². The number of hydrogen-bond acceptors (Lipinski definition) is 3. The summed E-state index contributed by atoms with van der Waals surface area (Å²) in [5.41, 5.74) is 2.06. The van der Waals surface area contributed by atoms with Crippen molar-refractivity contribution in [2.45, 2.75) is 0 Å². The second-order valence-corrected chi connectivity index (χ2v) is 5.53. The second kappa shape index (κ2) is 6.57. The van der Waals surface area contributed by atoms with E-state index in [1.165, 1.54) is 0 Å². The highest BCUT2D eigenvalue weighted by atomic mass is 35.5. The number of nitriles is 1. The van der Waals surface area contributed by atoms with Crippen LogP contribution in [0.25, 0.3) is 29.2 Å². The maximum atomic E-state index is 12.0. The molecule has 0 aliphatic carbocycles. The molecular formula is C20H12ClNO2. The molecule has 116 valence electrons. The molecule has 0 saturated carbocycles. The third kappa shape index (κ3) is 2.88. The lowest BCUT2D eigenvalue weighted by Gasteiger charge is -2.05. The zero-order chi connectivity index (χ0) is 17.1. The van der Waals surface area contributed by atoms with Crippen LogP contribution in [-0.4, -0.2) is 0 Å². The molecule has 1 heterocycles. The Balaban J connectivity index is 2.26. The van der Waals surface area contributed by atoms with Gasteiger partial charge in [-0.2, -0.15) is 5.26 Å². The normalized spacial score (nSPS) is 10.8. The molecule has 2 aromatic carbocycles. The van der Waals surface area contributed by atoms with E-state index >= 15 is 0 Å². The maximum absolute atomic E-state index is 12.0. The Morgan fingerprint density at radius 2 is 1.88 bits per heavy atom. The highest BCUT2D eigenvalue weighted by Crippen LogP contribution is 2.25. The van der Waals surface area contributed by atoms with E-state index in [0.29, 0.717) is 21.6 Å². The molecule has 0 spiro atoms. The maximum Gasteiger partial charge on any atom is 0.354 e. The summed E-state index contributed by atoms with van der Waals surface area (Å²) >= 11 is 6.05. The molecule has 0 atom stereocenters. The zero-order valence-corrected chi connectivity index (χ0v) is 13.4. The summed E-state index contributed by atoms with van der Waals surface area (Å²) in [4.78, 5) is 12.0. The lowest BCUT2D eigenvalue weighted by Crippen LogP contribution is -2.06. The third-order valence-corrected chi connectivity index (χ3v) is 3.90. The van der Waals surface area contributed by atoms with Crippen molar-refractivity contribution in [1.82, 2.24) is 0 Å². The van der Waals surface area contributed by atoms with E-state index in [1.807, 2.05) is 36.4 Å². The van der Waals surface area contributed by atoms with E-state index < -0.39 is 5.63 Å². The van der Waals surface area contributed by atoms with Gasteiger partial charge in [-0.3, -0.25) is 0 Å². The van der Waals surface area contributed by atoms with Gasteiger partial charge in [0.1, 0.15) is 17.2 Å². The Morgan fingerprint density at radius 3 is 2.58 bits per heavy atom. The van der Waals surface area contributed by atoms with Crippen molar-refractivity contribution in [3.05, 3.63) is 86.7 Å². The van der Waals surface area contributed by atoms with Crippen LogP contribution in [-0.2, 0) is 0 Å². The van der Waals surface area contributed by atoms with Crippen LogP contribution in [0.2, 0.25) is 5.02 Å². The SMILES string of the molecule is C=Cc1ccccc1/C=C/c1c(C#N)c(=O)oc2ccc(Cl)cc12. The molecule has 0 unspecified atom stereocenters. The standard InChI is InChI=1S/C20H12ClNO2/c1-2-13-5-3-4-6-14(13)7-9-16-17-11-15(21)8-10-19(17)24-20(23)18(16)12-22/h2-11H,1H2/b9-7+. The summed E-state index contributed by atoms with van der Waals surface area (Å²) < 4.78 is 5.19. The Labute approximate surface area is 143 Å². The number of rotatable bonds is 3. The van der Waals surface area contributed by atoms with Gasteiger partial charge in [0.2, 0.25) is 0 Å². The quantitative estimate of drug-likeness (QED) is 0.624. The van der Waals surface area contributed by atoms with Gasteiger partial charge in [-0.15, -0.1) is 0 Å². The number of nitrogens with zero attached hydrogens (tertiary/aromatic N) is 1. The van der Waals surface area contributed by atoms with Gasteiger partial charge in [-0.25, -0.2) is 4.79 Å². The van der Waals surface area contributed by atoms with E-state index in [-0.39, 0.29) is 5.56 Å². The molecule has 1 aromatic heterocycles. The first-order valence-corrected chi connectivity index (χ1v) is 7.58. The van der Waals surface area contributed by atoms with Crippen LogP contribution in [0.4, 0.5) is 0 Å². The molecule has 0 N–H and O–H groups in total. The minimum atomic E-state index is -0.663. The number of hydrogen-bond donors (Lipinski definition) is 0. The Morgan fingerprint density at radius 1 is 1.12 bits per heavy atom. The molecule has 0 saturated heterocycles. The van der Waals surface area contributed by atoms with Crippen molar-refractivity contribution in [1.29, 1.82) is 5.26 Å². The molecule has 0 amide bonds. The predicted molar refractivity (Wildman–Crippen MR) is 97.7 cm³/mol. The van der Waals surface area contributed by atoms with Crippen molar-refractivity contribution in [3.63, 3.8) is 0 Å². The van der Waals surface area contributed by atoms with E-state index in [2.05, 4.69) is 6.58 Å². The highest BCUT2D eigenvalue weighted by molar-refractivity contribution is 6.31. The van der Waals surface area contributed by atoms with E-state index in [9.17, 15) is 10.1 Å². The molecule has 0 aliphatic rings. The van der Waals surface area contributed by atoms with Crippen LogP contribution in [0.1, 0.15) is 22.3 Å². The lowest BCUT2D eigenvalue weighted by atomic mass is 10.0. The fourth-order valence-electron chi connectivity index (χ4n) is 2.50. The molecule has 3 rings (SSSR count). The van der Waals surface area contributed by atoms with Gasteiger partial charge >= 0.3 is 5.63 Å². The average molecular weight is 334 g/mol. The average Bonchev–Trinajstić information content (AvgIpc) is 2.60. The summed E-state index contributed by atoms with van der Waals surface area (Å²) in [6, 6.07) is 14.6. The molecule has 0 bridgehead atoms. The fraction of sp³-hybridized carbons (Fsp3) is 0. The largest absolute Gasteiger partial charge is 0.422 e. The first-order valence-electron chi connectivity index (χ1n) is 7.20. The number of halogens is 1. The molecule has 0 radical (unpaired) electrons. The number of benzene rings is 2. The molecule has 24 heavy (non-hydrogen) atoms. The first kappa shape index (κ1) is 15.8. The zero-order valence-electron chi connectivity index (χ0n) is 12.6. The molecule has 4 heteroatoms. The monoisotopic (exact) mass is 333 g/mol. The van der Waals surface area contributed by atoms with Crippen LogP contribution in [0.3, 0.4) is 0 Å². The molecule has 3 nitrogen and oxygen atoms in total. The highest BCUT2D eigenvalue weighted by Gasteiger charge is 2.12. The summed E-state index contributed by atoms with van der Waals surface area (Å²) in [6.07, 6.45) is 5.32. The molecular weight excluding hydrogens is 322 g/mol. The Kier molecular flexibility index (Phi) is 4.33. The topological polar surface area (TPSA) is 54.0 Å². The third-order valence-electron chi connectivity index (χ3n) is 3.67. The fourth-order valence-corrected chi connectivity index (χ4v) is 2.67. The summed E-state index contributed by atoms with van der Waals surface area (Å²) in [6.45, 7) is 3.79. The Bertz CT molecular complexity index is 1070. The molecule has 3 aromatic rings. The van der Waals surface area contributed by atoms with Gasteiger partial charge in [0.15, 0.2) is 0 Å². The number of fused-ring (bicyclic) bond motifs is 1. The minimum absolute atomic E-state index is 0.0444. The van der Waals surface area contributed by atoms with Crippen LogP contribution < -0.4 is 5.63 Å². The molecule has 0 fully saturated rings. The summed E-state index contributed by atoms with van der Waals surface area (Å²) in [7, 11) is 0. The van der Waals surface area contributed by atoms with Gasteiger partial charge in [0, 0.05) is 16.0 Å².